The van der Waals surface area contributed by atoms with Crippen molar-refractivity contribution in [2.45, 2.75) is 59.3 Å². The third-order valence-corrected chi connectivity index (χ3v) is 11.9. The van der Waals surface area contributed by atoms with E-state index >= 15 is 0 Å². The Bertz CT molecular complexity index is 2660. The standard InChI is InChI=1S/C54H48N2S/c1-9-50-52(47-15-10-11-16-51(47)57-50)40-13-12-14-46(33-40)56(44-29-17-36(2)18-30-44)45-31-23-39(24-32-45)49-35-41(37-19-25-42(26-20-37)53(3,4)5)34-48(55-49)38-21-27-43(28-22-38)54(6,7)8/h1,10-35H,2-8H3. The molecule has 0 unspecified atom stereocenters. The predicted octanol–water partition coefficient (Wildman–Crippen LogP) is 15.3. The molecule has 8 aromatic rings. The second kappa shape index (κ2) is 15.0. The third-order valence-electron chi connectivity index (χ3n) is 10.8. The van der Waals surface area contributed by atoms with Crippen LogP contribution in [0.15, 0.2) is 158 Å². The van der Waals surface area contributed by atoms with Crippen LogP contribution in [0, 0.1) is 19.3 Å². The number of benzene rings is 6. The van der Waals surface area contributed by atoms with Crippen molar-refractivity contribution < 1.29 is 0 Å². The van der Waals surface area contributed by atoms with Gasteiger partial charge in [0, 0.05) is 43.8 Å². The highest BCUT2D eigenvalue weighted by molar-refractivity contribution is 7.20. The van der Waals surface area contributed by atoms with Crippen molar-refractivity contribution in [3.8, 4) is 57.1 Å². The number of pyridine rings is 1. The molecule has 0 aliphatic heterocycles. The molecular formula is C54H48N2S. The van der Waals surface area contributed by atoms with E-state index in [1.807, 2.05) is 0 Å². The van der Waals surface area contributed by atoms with Crippen molar-refractivity contribution in [1.82, 2.24) is 4.98 Å². The van der Waals surface area contributed by atoms with E-state index in [-0.39, 0.29) is 10.8 Å². The number of aromatic nitrogens is 1. The fraction of sp³-hybridized carbons (Fsp3) is 0.167. The Balaban J connectivity index is 1.22. The summed E-state index contributed by atoms with van der Waals surface area (Å²) in [6.07, 6.45) is 6.08. The van der Waals surface area contributed by atoms with Gasteiger partial charge < -0.3 is 4.90 Å². The molecule has 0 atom stereocenters. The molecule has 6 aromatic carbocycles. The van der Waals surface area contributed by atoms with E-state index in [9.17, 15) is 0 Å². The van der Waals surface area contributed by atoms with Crippen molar-refractivity contribution >= 4 is 38.5 Å². The lowest BCUT2D eigenvalue weighted by Gasteiger charge is -2.26. The van der Waals surface area contributed by atoms with Gasteiger partial charge in [-0.2, -0.15) is 0 Å². The second-order valence-corrected chi connectivity index (χ2v) is 18.0. The van der Waals surface area contributed by atoms with Crippen molar-refractivity contribution in [3.05, 3.63) is 179 Å². The molecule has 0 saturated heterocycles. The Morgan fingerprint density at radius 3 is 1.60 bits per heavy atom. The normalized spacial score (nSPS) is 11.8. The van der Waals surface area contributed by atoms with E-state index in [4.69, 9.17) is 11.4 Å². The first kappa shape index (κ1) is 37.7. The fourth-order valence-electron chi connectivity index (χ4n) is 7.45. The molecule has 0 amide bonds. The molecule has 0 aliphatic carbocycles. The summed E-state index contributed by atoms with van der Waals surface area (Å²) in [6.45, 7) is 15.6. The zero-order valence-electron chi connectivity index (χ0n) is 33.9. The van der Waals surface area contributed by atoms with Gasteiger partial charge in [0.05, 0.1) is 16.3 Å². The first-order valence-electron chi connectivity index (χ1n) is 19.7. The summed E-state index contributed by atoms with van der Waals surface area (Å²) in [4.78, 5) is 8.57. The van der Waals surface area contributed by atoms with Crippen LogP contribution in [0.1, 0.15) is 63.1 Å². The quantitative estimate of drug-likeness (QED) is 0.151. The smallest absolute Gasteiger partial charge is 0.0856 e. The Hall–Kier alpha value is -6.21. The summed E-state index contributed by atoms with van der Waals surface area (Å²) in [5.41, 5.74) is 15.8. The molecule has 0 spiro atoms. The Morgan fingerprint density at radius 2 is 1.04 bits per heavy atom. The minimum absolute atomic E-state index is 0.0756. The van der Waals surface area contributed by atoms with E-state index in [1.165, 1.54) is 32.3 Å². The molecule has 2 heterocycles. The number of hydrogen-bond donors (Lipinski definition) is 0. The molecular weight excluding hydrogens is 709 g/mol. The van der Waals surface area contributed by atoms with Gasteiger partial charge in [-0.05, 0) is 100 Å². The Kier molecular flexibility index (Phi) is 9.94. The monoisotopic (exact) mass is 756 g/mol. The molecule has 0 radical (unpaired) electrons. The second-order valence-electron chi connectivity index (χ2n) is 17.0. The summed E-state index contributed by atoms with van der Waals surface area (Å²) in [5, 5.41) is 1.18. The number of anilines is 3. The number of terminal acetylenes is 1. The van der Waals surface area contributed by atoms with Crippen LogP contribution in [0.2, 0.25) is 0 Å². The topological polar surface area (TPSA) is 16.1 Å². The van der Waals surface area contributed by atoms with Crippen molar-refractivity contribution in [1.29, 1.82) is 0 Å². The third kappa shape index (κ3) is 7.79. The molecule has 3 heteroatoms. The van der Waals surface area contributed by atoms with Gasteiger partial charge in [0.2, 0.25) is 0 Å². The average Bonchev–Trinajstić information content (AvgIpc) is 3.60. The lowest BCUT2D eigenvalue weighted by molar-refractivity contribution is 0.590. The van der Waals surface area contributed by atoms with Crippen LogP contribution in [-0.4, -0.2) is 4.98 Å². The number of rotatable bonds is 7. The molecule has 0 N–H and O–H groups in total. The van der Waals surface area contributed by atoms with Crippen LogP contribution < -0.4 is 4.90 Å². The maximum absolute atomic E-state index is 6.08. The fourth-order valence-corrected chi connectivity index (χ4v) is 8.49. The van der Waals surface area contributed by atoms with E-state index in [1.54, 1.807) is 11.3 Å². The summed E-state index contributed by atoms with van der Waals surface area (Å²) in [5.74, 6) is 2.97. The molecule has 0 saturated carbocycles. The van der Waals surface area contributed by atoms with Gasteiger partial charge in [0.25, 0.3) is 0 Å². The van der Waals surface area contributed by atoms with Gasteiger partial charge in [0.15, 0.2) is 0 Å². The van der Waals surface area contributed by atoms with E-state index in [0.29, 0.717) is 0 Å². The maximum Gasteiger partial charge on any atom is 0.0856 e. The van der Waals surface area contributed by atoms with Gasteiger partial charge in [-0.1, -0.05) is 156 Å². The van der Waals surface area contributed by atoms with E-state index < -0.39 is 0 Å². The average molecular weight is 757 g/mol. The van der Waals surface area contributed by atoms with Crippen LogP contribution in [-0.2, 0) is 10.8 Å². The van der Waals surface area contributed by atoms with Crippen molar-refractivity contribution in [2.75, 3.05) is 4.90 Å². The Labute approximate surface area is 342 Å². The van der Waals surface area contributed by atoms with Crippen LogP contribution in [0.4, 0.5) is 17.1 Å². The number of aryl methyl sites for hydroxylation is 1. The highest BCUT2D eigenvalue weighted by Gasteiger charge is 2.19. The largest absolute Gasteiger partial charge is 0.310 e. The SMILES string of the molecule is C#Cc1sc2ccccc2c1-c1cccc(N(c2ccc(C)cc2)c2ccc(-c3cc(-c4ccc(C(C)(C)C)cc4)cc(-c4ccc(C(C)(C)C)cc4)n3)cc2)c1. The summed E-state index contributed by atoms with van der Waals surface area (Å²) in [7, 11) is 0. The Morgan fingerprint density at radius 1 is 0.509 bits per heavy atom. The molecule has 8 rings (SSSR count). The van der Waals surface area contributed by atoms with Crippen molar-refractivity contribution in [3.63, 3.8) is 0 Å². The van der Waals surface area contributed by atoms with Crippen LogP contribution in [0.3, 0.4) is 0 Å². The van der Waals surface area contributed by atoms with E-state index in [2.05, 4.69) is 217 Å². The predicted molar refractivity (Wildman–Crippen MR) is 246 cm³/mol. The van der Waals surface area contributed by atoms with Gasteiger partial charge >= 0.3 is 0 Å². The zero-order valence-corrected chi connectivity index (χ0v) is 34.7. The van der Waals surface area contributed by atoms with Crippen molar-refractivity contribution in [2.24, 2.45) is 0 Å². The van der Waals surface area contributed by atoms with Gasteiger partial charge in [-0.3, -0.25) is 0 Å². The number of nitrogens with zero attached hydrogens (tertiary/aromatic N) is 2. The van der Waals surface area contributed by atoms with Crippen LogP contribution in [0.5, 0.6) is 0 Å². The molecule has 57 heavy (non-hydrogen) atoms. The summed E-state index contributed by atoms with van der Waals surface area (Å²) >= 11 is 1.67. The van der Waals surface area contributed by atoms with Gasteiger partial charge in [-0.15, -0.1) is 17.8 Å². The molecule has 2 nitrogen and oxygen atoms in total. The van der Waals surface area contributed by atoms with Crippen LogP contribution in [0.25, 0.3) is 54.9 Å². The molecule has 0 bridgehead atoms. The van der Waals surface area contributed by atoms with Crippen LogP contribution >= 0.6 is 11.3 Å². The summed E-state index contributed by atoms with van der Waals surface area (Å²) < 4.78 is 1.20. The number of thiophene rings is 1. The van der Waals surface area contributed by atoms with Gasteiger partial charge in [0.1, 0.15) is 0 Å². The molecule has 280 valence electrons. The maximum atomic E-state index is 6.08. The first-order valence-corrected chi connectivity index (χ1v) is 20.5. The lowest BCUT2D eigenvalue weighted by atomic mass is 9.86. The molecule has 2 aromatic heterocycles. The minimum atomic E-state index is 0.0756. The lowest BCUT2D eigenvalue weighted by Crippen LogP contribution is -2.10. The number of fused-ring (bicyclic) bond motifs is 1. The minimum Gasteiger partial charge on any atom is -0.310 e. The number of hydrogen-bond acceptors (Lipinski definition) is 3. The highest BCUT2D eigenvalue weighted by Crippen LogP contribution is 2.42. The molecule has 0 fully saturated rings. The zero-order chi connectivity index (χ0) is 39.9. The summed E-state index contributed by atoms with van der Waals surface area (Å²) in [6, 6.07) is 57.1. The van der Waals surface area contributed by atoms with Gasteiger partial charge in [-0.25, -0.2) is 4.98 Å². The highest BCUT2D eigenvalue weighted by atomic mass is 32.1. The van der Waals surface area contributed by atoms with E-state index in [0.717, 1.165) is 61.1 Å². The molecule has 0 aliphatic rings. The first-order chi connectivity index (χ1) is 27.4.